The van der Waals surface area contributed by atoms with Crippen molar-refractivity contribution >= 4 is 47.8 Å². The minimum Gasteiger partial charge on any atom is -0.356 e. The van der Waals surface area contributed by atoms with Crippen LogP contribution < -0.4 is 0 Å². The van der Waals surface area contributed by atoms with E-state index < -0.39 is 0 Å². The molecule has 0 amide bonds. The van der Waals surface area contributed by atoms with Crippen LogP contribution in [0.3, 0.4) is 0 Å². The van der Waals surface area contributed by atoms with E-state index in [4.69, 9.17) is 11.6 Å². The molecule has 0 atom stereocenters. The lowest BCUT2D eigenvalue weighted by Crippen LogP contribution is -2.14. The molecule has 0 aliphatic carbocycles. The minimum atomic E-state index is 0. The van der Waals surface area contributed by atoms with Gasteiger partial charge >= 0.3 is 0 Å². The summed E-state index contributed by atoms with van der Waals surface area (Å²) in [6.45, 7) is 2.01. The Labute approximate surface area is 112 Å². The lowest BCUT2D eigenvalue weighted by Gasteiger charge is -2.10. The molecule has 2 nitrogen and oxygen atoms in total. The highest BCUT2D eigenvalue weighted by Gasteiger charge is 1.96. The second kappa shape index (κ2) is 7.82. The number of thioether (sulfide) groups is 1. The molecule has 0 aromatic heterocycles. The molecule has 90 valence electrons. The van der Waals surface area contributed by atoms with Gasteiger partial charge in [0.2, 0.25) is 0 Å². The van der Waals surface area contributed by atoms with E-state index in [1.54, 1.807) is 11.8 Å². The van der Waals surface area contributed by atoms with Gasteiger partial charge in [-0.1, -0.05) is 11.6 Å². The van der Waals surface area contributed by atoms with Crippen molar-refractivity contribution in [2.24, 2.45) is 4.99 Å². The molecular formula is C11H16Cl2N2S. The Morgan fingerprint density at radius 1 is 1.50 bits per heavy atom. The fourth-order valence-corrected chi connectivity index (χ4v) is 1.86. The van der Waals surface area contributed by atoms with Gasteiger partial charge in [-0.3, -0.25) is 0 Å². The van der Waals surface area contributed by atoms with Gasteiger partial charge in [0, 0.05) is 12.1 Å². The van der Waals surface area contributed by atoms with Gasteiger partial charge in [-0.25, -0.2) is 4.99 Å². The third-order valence-electron chi connectivity index (χ3n) is 1.89. The Balaban J connectivity index is 0.00000225. The monoisotopic (exact) mass is 278 g/mol. The van der Waals surface area contributed by atoms with Crippen molar-refractivity contribution in [2.45, 2.75) is 6.92 Å². The average Bonchev–Trinajstić information content (AvgIpc) is 2.17. The van der Waals surface area contributed by atoms with Crippen molar-refractivity contribution in [1.29, 1.82) is 0 Å². The van der Waals surface area contributed by atoms with E-state index >= 15 is 0 Å². The van der Waals surface area contributed by atoms with E-state index in [0.29, 0.717) is 0 Å². The Hall–Kier alpha value is -0.380. The van der Waals surface area contributed by atoms with E-state index in [1.165, 1.54) is 0 Å². The van der Waals surface area contributed by atoms with Crippen molar-refractivity contribution < 1.29 is 0 Å². The summed E-state index contributed by atoms with van der Waals surface area (Å²) in [5, 5.41) is 0.754. The zero-order chi connectivity index (χ0) is 11.3. The average molecular weight is 279 g/mol. The molecule has 0 radical (unpaired) electrons. The van der Waals surface area contributed by atoms with Crippen LogP contribution in [-0.2, 0) is 0 Å². The third kappa shape index (κ3) is 5.10. The number of benzene rings is 1. The smallest absolute Gasteiger partial charge is 0.0916 e. The quantitative estimate of drug-likeness (QED) is 0.470. The van der Waals surface area contributed by atoms with Gasteiger partial charge in [0.05, 0.1) is 17.9 Å². The van der Waals surface area contributed by atoms with E-state index in [-0.39, 0.29) is 12.4 Å². The molecule has 16 heavy (non-hydrogen) atoms. The maximum atomic E-state index is 5.86. The molecule has 0 bridgehead atoms. The Kier molecular flexibility index (Phi) is 7.64. The lowest BCUT2D eigenvalue weighted by atomic mass is 10.2. The number of nitrogens with zero attached hydrogens (tertiary/aromatic N) is 2. The SMILES string of the molecule is CSCN(C)C=Nc1ccc(Cl)cc1C.Cl. The highest BCUT2D eigenvalue weighted by molar-refractivity contribution is 7.98. The molecule has 0 saturated carbocycles. The number of aryl methyl sites for hydroxylation is 1. The van der Waals surface area contributed by atoms with Crippen LogP contribution in [0, 0.1) is 6.92 Å². The van der Waals surface area contributed by atoms with Gasteiger partial charge in [-0.2, -0.15) is 0 Å². The lowest BCUT2D eigenvalue weighted by molar-refractivity contribution is 0.619. The summed E-state index contributed by atoms with van der Waals surface area (Å²) >= 11 is 7.63. The van der Waals surface area contributed by atoms with Gasteiger partial charge in [-0.05, 0) is 36.9 Å². The highest BCUT2D eigenvalue weighted by atomic mass is 35.5. The largest absolute Gasteiger partial charge is 0.356 e. The maximum Gasteiger partial charge on any atom is 0.0916 e. The van der Waals surface area contributed by atoms with Crippen LogP contribution in [0.5, 0.6) is 0 Å². The molecule has 0 aliphatic rings. The summed E-state index contributed by atoms with van der Waals surface area (Å²) in [5.41, 5.74) is 2.06. The maximum absolute atomic E-state index is 5.86. The first-order chi connectivity index (χ1) is 7.13. The molecule has 0 fully saturated rings. The van der Waals surface area contributed by atoms with Gasteiger partial charge in [0.25, 0.3) is 0 Å². The van der Waals surface area contributed by atoms with Crippen LogP contribution in [0.1, 0.15) is 5.56 Å². The predicted molar refractivity (Wildman–Crippen MR) is 77.7 cm³/mol. The molecule has 0 heterocycles. The number of rotatable bonds is 4. The summed E-state index contributed by atoms with van der Waals surface area (Å²) in [4.78, 5) is 6.43. The second-order valence-electron chi connectivity index (χ2n) is 3.35. The molecule has 0 aliphatic heterocycles. The first kappa shape index (κ1) is 15.6. The molecule has 1 aromatic rings. The number of hydrogen-bond acceptors (Lipinski definition) is 2. The molecule has 0 spiro atoms. The molecule has 0 saturated heterocycles. The summed E-state index contributed by atoms with van der Waals surface area (Å²) in [6, 6.07) is 5.71. The van der Waals surface area contributed by atoms with Crippen molar-refractivity contribution in [1.82, 2.24) is 4.90 Å². The van der Waals surface area contributed by atoms with Crippen LogP contribution in [0.2, 0.25) is 5.02 Å². The zero-order valence-electron chi connectivity index (χ0n) is 9.61. The summed E-state index contributed by atoms with van der Waals surface area (Å²) < 4.78 is 0. The fourth-order valence-electron chi connectivity index (χ4n) is 1.16. The first-order valence-electron chi connectivity index (χ1n) is 4.63. The molecule has 1 aromatic carbocycles. The minimum absolute atomic E-state index is 0. The number of aliphatic imine (C=N–C) groups is 1. The zero-order valence-corrected chi connectivity index (χ0v) is 12.0. The summed E-state index contributed by atoms with van der Waals surface area (Å²) in [7, 11) is 2.01. The van der Waals surface area contributed by atoms with Gasteiger partial charge < -0.3 is 4.90 Å². The second-order valence-corrected chi connectivity index (χ2v) is 4.62. The molecule has 1 rings (SSSR count). The van der Waals surface area contributed by atoms with Crippen LogP contribution in [0.15, 0.2) is 23.2 Å². The van der Waals surface area contributed by atoms with Crippen LogP contribution in [-0.4, -0.2) is 30.4 Å². The standard InChI is InChI=1S/C11H15ClN2S.ClH/c1-9-6-10(12)4-5-11(9)13-7-14(2)8-15-3;/h4-7H,8H2,1-3H3;1H. The van der Waals surface area contributed by atoms with Crippen molar-refractivity contribution in [3.8, 4) is 0 Å². The Bertz CT molecular complexity index is 356. The molecule has 0 N–H and O–H groups in total. The molecule has 0 unspecified atom stereocenters. The van der Waals surface area contributed by atoms with Crippen LogP contribution in [0.4, 0.5) is 5.69 Å². The molecule has 5 heteroatoms. The number of halogens is 2. The summed E-state index contributed by atoms with van der Waals surface area (Å²) in [6.07, 6.45) is 3.91. The Morgan fingerprint density at radius 2 is 2.19 bits per heavy atom. The van der Waals surface area contributed by atoms with E-state index in [2.05, 4.69) is 11.2 Å². The third-order valence-corrected chi connectivity index (χ3v) is 2.79. The fraction of sp³-hybridized carbons (Fsp3) is 0.364. The van der Waals surface area contributed by atoms with Crippen molar-refractivity contribution in [3.05, 3.63) is 28.8 Å². The predicted octanol–water partition coefficient (Wildman–Crippen LogP) is 3.98. The van der Waals surface area contributed by atoms with Crippen LogP contribution in [0.25, 0.3) is 0 Å². The van der Waals surface area contributed by atoms with Gasteiger partial charge in [0.15, 0.2) is 0 Å². The van der Waals surface area contributed by atoms with Gasteiger partial charge in [-0.15, -0.1) is 24.2 Å². The normalized spacial score (nSPS) is 10.2. The van der Waals surface area contributed by atoms with Crippen molar-refractivity contribution in [2.75, 3.05) is 19.2 Å². The topological polar surface area (TPSA) is 15.6 Å². The van der Waals surface area contributed by atoms with E-state index in [1.807, 2.05) is 43.4 Å². The molecular weight excluding hydrogens is 263 g/mol. The number of hydrogen-bond donors (Lipinski definition) is 0. The van der Waals surface area contributed by atoms with Crippen molar-refractivity contribution in [3.63, 3.8) is 0 Å². The Morgan fingerprint density at radius 3 is 2.75 bits per heavy atom. The summed E-state index contributed by atoms with van der Waals surface area (Å²) in [5.74, 6) is 0.941. The van der Waals surface area contributed by atoms with E-state index in [0.717, 1.165) is 22.2 Å². The first-order valence-corrected chi connectivity index (χ1v) is 6.40. The van der Waals surface area contributed by atoms with Gasteiger partial charge in [0.1, 0.15) is 0 Å². The highest BCUT2D eigenvalue weighted by Crippen LogP contribution is 2.21. The van der Waals surface area contributed by atoms with Crippen LogP contribution >= 0.6 is 35.8 Å². The van der Waals surface area contributed by atoms with E-state index in [9.17, 15) is 0 Å².